The van der Waals surface area contributed by atoms with Gasteiger partial charge in [-0.3, -0.25) is 0 Å². The molecular formula is C22H17ClO4. The van der Waals surface area contributed by atoms with Gasteiger partial charge in [0.05, 0.1) is 17.2 Å². The monoisotopic (exact) mass is 380 g/mol. The number of benzene rings is 3. The van der Waals surface area contributed by atoms with Crippen LogP contribution < -0.4 is 4.74 Å². The third-order valence-electron chi connectivity index (χ3n) is 4.57. The smallest absolute Gasteiger partial charge is 0.339 e. The van der Waals surface area contributed by atoms with E-state index in [9.17, 15) is 9.90 Å². The molecule has 0 saturated carbocycles. The Hall–Kier alpha value is -2.98. The molecule has 1 aliphatic carbocycles. The minimum atomic E-state index is -0.533. The summed E-state index contributed by atoms with van der Waals surface area (Å²) in [6.07, 6.45) is -0.493. The summed E-state index contributed by atoms with van der Waals surface area (Å²) in [5, 5.41) is 10.0. The predicted octanol–water partition coefficient (Wildman–Crippen LogP) is 5.37. The van der Waals surface area contributed by atoms with Gasteiger partial charge in [-0.15, -0.1) is 0 Å². The number of hydrogen-bond donors (Lipinski definition) is 1. The first-order valence-corrected chi connectivity index (χ1v) is 9.02. The van der Waals surface area contributed by atoms with E-state index >= 15 is 0 Å². The van der Waals surface area contributed by atoms with E-state index in [0.717, 1.165) is 22.3 Å². The topological polar surface area (TPSA) is 55.8 Å². The maximum Gasteiger partial charge on any atom is 0.339 e. The van der Waals surface area contributed by atoms with Crippen molar-refractivity contribution in [2.24, 2.45) is 0 Å². The van der Waals surface area contributed by atoms with Gasteiger partial charge in [-0.25, -0.2) is 4.79 Å². The van der Waals surface area contributed by atoms with E-state index in [4.69, 9.17) is 21.1 Å². The fraction of sp³-hybridized carbons (Fsp3) is 0.136. The molecule has 4 nitrogen and oxygen atoms in total. The highest BCUT2D eigenvalue weighted by Crippen LogP contribution is 2.45. The van der Waals surface area contributed by atoms with Crippen LogP contribution in [-0.4, -0.2) is 17.7 Å². The third kappa shape index (κ3) is 3.02. The summed E-state index contributed by atoms with van der Waals surface area (Å²) in [5.41, 5.74) is 4.24. The zero-order valence-electron chi connectivity index (χ0n) is 14.6. The van der Waals surface area contributed by atoms with E-state index in [1.165, 1.54) is 12.1 Å². The van der Waals surface area contributed by atoms with Crippen LogP contribution in [0.4, 0.5) is 0 Å². The van der Waals surface area contributed by atoms with Crippen molar-refractivity contribution in [2.45, 2.75) is 13.0 Å². The lowest BCUT2D eigenvalue weighted by atomic mass is 10.1. The van der Waals surface area contributed by atoms with E-state index in [1.54, 1.807) is 6.92 Å². The lowest BCUT2D eigenvalue weighted by Crippen LogP contribution is -2.11. The number of phenols is 1. The van der Waals surface area contributed by atoms with Gasteiger partial charge >= 0.3 is 5.97 Å². The molecule has 0 aliphatic heterocycles. The Morgan fingerprint density at radius 2 is 1.63 bits per heavy atom. The normalized spacial score (nSPS) is 12.4. The van der Waals surface area contributed by atoms with Crippen molar-refractivity contribution in [3.63, 3.8) is 0 Å². The number of ether oxygens (including phenoxy) is 2. The number of hydrogen-bond acceptors (Lipinski definition) is 4. The van der Waals surface area contributed by atoms with Gasteiger partial charge in [0.15, 0.2) is 17.6 Å². The third-order valence-corrected chi connectivity index (χ3v) is 4.85. The van der Waals surface area contributed by atoms with Crippen molar-refractivity contribution < 1.29 is 19.4 Å². The second-order valence-corrected chi connectivity index (χ2v) is 6.60. The molecule has 3 aromatic carbocycles. The van der Waals surface area contributed by atoms with Crippen LogP contribution >= 0.6 is 11.6 Å². The maximum atomic E-state index is 12.8. The van der Waals surface area contributed by atoms with Gasteiger partial charge in [-0.2, -0.15) is 0 Å². The molecule has 0 fully saturated rings. The molecular weight excluding hydrogens is 364 g/mol. The molecule has 0 heterocycles. The molecule has 0 atom stereocenters. The Bertz CT molecular complexity index is 983. The van der Waals surface area contributed by atoms with Gasteiger partial charge < -0.3 is 14.6 Å². The Balaban J connectivity index is 1.70. The Morgan fingerprint density at radius 1 is 1.04 bits per heavy atom. The minimum absolute atomic E-state index is 0.0418. The summed E-state index contributed by atoms with van der Waals surface area (Å²) in [4.78, 5) is 12.8. The van der Waals surface area contributed by atoms with E-state index < -0.39 is 12.1 Å². The molecule has 4 rings (SSSR count). The Morgan fingerprint density at radius 3 is 2.22 bits per heavy atom. The number of carbonyl (C=O) groups excluding carboxylic acids is 1. The first-order chi connectivity index (χ1) is 13.1. The highest BCUT2D eigenvalue weighted by atomic mass is 35.5. The summed E-state index contributed by atoms with van der Waals surface area (Å²) in [7, 11) is 0. The van der Waals surface area contributed by atoms with Gasteiger partial charge in [0.2, 0.25) is 0 Å². The first kappa shape index (κ1) is 17.4. The van der Waals surface area contributed by atoms with Crippen LogP contribution in [0.2, 0.25) is 5.02 Å². The molecule has 0 amide bonds. The van der Waals surface area contributed by atoms with Crippen LogP contribution in [0.15, 0.2) is 60.7 Å². The molecule has 0 spiro atoms. The van der Waals surface area contributed by atoms with Crippen LogP contribution in [-0.2, 0) is 4.74 Å². The van der Waals surface area contributed by atoms with Gasteiger partial charge in [0.25, 0.3) is 0 Å². The molecule has 0 saturated heterocycles. The zero-order valence-corrected chi connectivity index (χ0v) is 15.4. The van der Waals surface area contributed by atoms with Gasteiger partial charge in [-0.1, -0.05) is 60.1 Å². The van der Waals surface area contributed by atoms with Crippen LogP contribution in [0.25, 0.3) is 11.1 Å². The number of halogens is 1. The van der Waals surface area contributed by atoms with Crippen molar-refractivity contribution in [1.29, 1.82) is 0 Å². The molecule has 0 bridgehead atoms. The molecule has 0 unspecified atom stereocenters. The van der Waals surface area contributed by atoms with Gasteiger partial charge in [-0.05, 0) is 30.2 Å². The molecule has 1 aliphatic rings. The van der Waals surface area contributed by atoms with Crippen molar-refractivity contribution in [3.05, 3.63) is 82.4 Å². The number of esters is 1. The zero-order chi connectivity index (χ0) is 19.0. The molecule has 27 heavy (non-hydrogen) atoms. The van der Waals surface area contributed by atoms with Crippen molar-refractivity contribution in [2.75, 3.05) is 6.61 Å². The largest absolute Gasteiger partial charge is 0.503 e. The fourth-order valence-corrected chi connectivity index (χ4v) is 3.58. The summed E-state index contributed by atoms with van der Waals surface area (Å²) >= 11 is 6.04. The van der Waals surface area contributed by atoms with Gasteiger partial charge in [0.1, 0.15) is 0 Å². The molecule has 0 radical (unpaired) electrons. The van der Waals surface area contributed by atoms with E-state index in [1.807, 2.05) is 48.5 Å². The van der Waals surface area contributed by atoms with Crippen molar-refractivity contribution in [3.8, 4) is 22.6 Å². The SMILES string of the molecule is CCOc1cc(C(=O)OC2c3ccccc3-c3ccccc32)cc(Cl)c1O. The summed E-state index contributed by atoms with van der Waals surface area (Å²) in [5.74, 6) is -0.565. The van der Waals surface area contributed by atoms with Crippen LogP contribution in [0.1, 0.15) is 34.5 Å². The lowest BCUT2D eigenvalue weighted by Gasteiger charge is -2.16. The number of phenolic OH excluding ortho intramolecular Hbond substituents is 1. The quantitative estimate of drug-likeness (QED) is 0.618. The van der Waals surface area contributed by atoms with E-state index in [-0.39, 0.29) is 22.1 Å². The number of carbonyl (C=O) groups is 1. The lowest BCUT2D eigenvalue weighted by molar-refractivity contribution is 0.0385. The highest BCUT2D eigenvalue weighted by molar-refractivity contribution is 6.32. The predicted molar refractivity (Wildman–Crippen MR) is 103 cm³/mol. The summed E-state index contributed by atoms with van der Waals surface area (Å²) < 4.78 is 11.2. The Labute approximate surface area is 161 Å². The van der Waals surface area contributed by atoms with Crippen molar-refractivity contribution in [1.82, 2.24) is 0 Å². The fourth-order valence-electron chi connectivity index (χ4n) is 3.37. The second-order valence-electron chi connectivity index (χ2n) is 6.20. The highest BCUT2D eigenvalue weighted by Gasteiger charge is 2.31. The van der Waals surface area contributed by atoms with Gasteiger partial charge in [0, 0.05) is 11.1 Å². The molecule has 5 heteroatoms. The molecule has 136 valence electrons. The Kier molecular flexibility index (Phi) is 4.50. The summed E-state index contributed by atoms with van der Waals surface area (Å²) in [6.45, 7) is 2.12. The maximum absolute atomic E-state index is 12.8. The number of fused-ring (bicyclic) bond motifs is 3. The molecule has 1 N–H and O–H groups in total. The minimum Gasteiger partial charge on any atom is -0.503 e. The van der Waals surface area contributed by atoms with Crippen molar-refractivity contribution >= 4 is 17.6 Å². The molecule has 3 aromatic rings. The summed E-state index contributed by atoms with van der Waals surface area (Å²) in [6, 6.07) is 18.6. The number of rotatable bonds is 4. The van der Waals surface area contributed by atoms with Crippen LogP contribution in [0.3, 0.4) is 0 Å². The average Bonchev–Trinajstić information content (AvgIpc) is 3.00. The van der Waals surface area contributed by atoms with Crippen LogP contribution in [0, 0.1) is 0 Å². The second kappa shape index (κ2) is 6.97. The van der Waals surface area contributed by atoms with E-state index in [2.05, 4.69) is 0 Å². The molecule has 0 aromatic heterocycles. The van der Waals surface area contributed by atoms with Crippen LogP contribution in [0.5, 0.6) is 11.5 Å². The first-order valence-electron chi connectivity index (χ1n) is 8.64. The average molecular weight is 381 g/mol. The number of aromatic hydroxyl groups is 1. The standard InChI is InChI=1S/C22H17ClO4/c1-2-26-19-12-13(11-18(23)20(19)24)22(25)27-21-16-9-5-3-7-14(16)15-8-4-6-10-17(15)21/h3-12,21,24H,2H2,1H3. The van der Waals surface area contributed by atoms with E-state index in [0.29, 0.717) is 6.61 Å².